The van der Waals surface area contributed by atoms with Crippen LogP contribution in [0.5, 0.6) is 11.5 Å². The van der Waals surface area contributed by atoms with Gasteiger partial charge in [0.2, 0.25) is 0 Å². The Morgan fingerprint density at radius 1 is 0.857 bits per heavy atom. The van der Waals surface area contributed by atoms with Gasteiger partial charge >= 0.3 is 0 Å². The fraction of sp³-hybridized carbons (Fsp3) is 0.172. The number of para-hydroxylation sites is 1. The van der Waals surface area contributed by atoms with Crippen molar-refractivity contribution in [2.75, 3.05) is 18.1 Å². The Kier molecular flexibility index (Phi) is 5.04. The van der Waals surface area contributed by atoms with Gasteiger partial charge < -0.3 is 19.5 Å². The SMILES string of the molecule is O=C(CC1(O)C(=O)N(Cc2ccc3ccccc3c2)c2ccccc21)c1ccc2c(c1)OCCO2. The molecule has 1 atom stereocenters. The van der Waals surface area contributed by atoms with Crippen LogP contribution in [0.1, 0.15) is 27.9 Å². The Hall–Kier alpha value is -4.16. The molecule has 0 aromatic heterocycles. The lowest BCUT2D eigenvalue weighted by Crippen LogP contribution is -2.41. The summed E-state index contributed by atoms with van der Waals surface area (Å²) < 4.78 is 11.1. The summed E-state index contributed by atoms with van der Waals surface area (Å²) in [5.74, 6) is 0.221. The summed E-state index contributed by atoms with van der Waals surface area (Å²) in [5.41, 5.74) is 0.410. The van der Waals surface area contributed by atoms with E-state index in [1.165, 1.54) is 0 Å². The van der Waals surface area contributed by atoms with Crippen LogP contribution in [0.25, 0.3) is 10.8 Å². The fourth-order valence-electron chi connectivity index (χ4n) is 4.91. The summed E-state index contributed by atoms with van der Waals surface area (Å²) in [6.07, 6.45) is -0.364. The average Bonchev–Trinajstić information content (AvgIpc) is 3.10. The van der Waals surface area contributed by atoms with Crippen LogP contribution in [0, 0.1) is 0 Å². The summed E-state index contributed by atoms with van der Waals surface area (Å²) in [7, 11) is 0. The minimum absolute atomic E-state index is 0.293. The Bertz CT molecular complexity index is 1480. The van der Waals surface area contributed by atoms with Crippen molar-refractivity contribution in [3.05, 3.63) is 102 Å². The number of Topliss-reactive ketones (excluding diaryl/α,β-unsaturated/α-hetero) is 1. The first-order chi connectivity index (χ1) is 17.0. The van der Waals surface area contributed by atoms with E-state index >= 15 is 0 Å². The lowest BCUT2D eigenvalue weighted by molar-refractivity contribution is -0.136. The Balaban J connectivity index is 1.31. The number of rotatable bonds is 5. The van der Waals surface area contributed by atoms with Gasteiger partial charge in [0, 0.05) is 11.1 Å². The number of aliphatic hydroxyl groups is 1. The standard InChI is InChI=1S/C29H23NO5/c31-25(22-11-12-26-27(16-22)35-14-13-34-26)17-29(33)23-7-3-4-8-24(23)30(28(29)32)18-19-9-10-20-5-1-2-6-21(20)15-19/h1-12,15-16,33H,13-14,17-18H2. The van der Waals surface area contributed by atoms with Crippen molar-refractivity contribution in [3.63, 3.8) is 0 Å². The normalized spacial score (nSPS) is 18.5. The van der Waals surface area contributed by atoms with Crippen LogP contribution in [0.4, 0.5) is 5.69 Å². The molecule has 6 nitrogen and oxygen atoms in total. The van der Waals surface area contributed by atoms with Crippen LogP contribution < -0.4 is 14.4 Å². The Labute approximate surface area is 202 Å². The number of benzene rings is 4. The summed E-state index contributed by atoms with van der Waals surface area (Å²) in [6, 6.07) is 26.1. The van der Waals surface area contributed by atoms with Gasteiger partial charge in [0.25, 0.3) is 5.91 Å². The van der Waals surface area contributed by atoms with E-state index in [0.717, 1.165) is 16.3 Å². The molecule has 0 radical (unpaired) electrons. The molecule has 174 valence electrons. The van der Waals surface area contributed by atoms with Crippen molar-refractivity contribution in [3.8, 4) is 11.5 Å². The van der Waals surface area contributed by atoms with E-state index in [1.54, 1.807) is 41.3 Å². The molecule has 2 aliphatic rings. The minimum Gasteiger partial charge on any atom is -0.486 e. The molecule has 6 rings (SSSR count). The molecular formula is C29H23NO5. The monoisotopic (exact) mass is 465 g/mol. The van der Waals surface area contributed by atoms with Crippen LogP contribution in [0.15, 0.2) is 84.9 Å². The van der Waals surface area contributed by atoms with E-state index in [4.69, 9.17) is 9.47 Å². The van der Waals surface area contributed by atoms with Gasteiger partial charge in [-0.1, -0.05) is 54.6 Å². The van der Waals surface area contributed by atoms with Crippen molar-refractivity contribution in [2.24, 2.45) is 0 Å². The minimum atomic E-state index is -1.95. The van der Waals surface area contributed by atoms with Crippen molar-refractivity contribution < 1.29 is 24.2 Å². The third kappa shape index (κ3) is 3.63. The van der Waals surface area contributed by atoms with E-state index in [2.05, 4.69) is 0 Å². The van der Waals surface area contributed by atoms with Crippen molar-refractivity contribution in [1.29, 1.82) is 0 Å². The molecule has 0 aliphatic carbocycles. The zero-order chi connectivity index (χ0) is 24.0. The first-order valence-corrected chi connectivity index (χ1v) is 11.6. The maximum atomic E-state index is 13.6. The number of anilines is 1. The number of hydrogen-bond donors (Lipinski definition) is 1. The molecule has 35 heavy (non-hydrogen) atoms. The van der Waals surface area contributed by atoms with Gasteiger partial charge in [-0.05, 0) is 46.7 Å². The predicted molar refractivity (Wildman–Crippen MR) is 132 cm³/mol. The molecule has 1 amide bonds. The molecule has 0 saturated heterocycles. The highest BCUT2D eigenvalue weighted by Crippen LogP contribution is 2.44. The highest BCUT2D eigenvalue weighted by molar-refractivity contribution is 6.10. The van der Waals surface area contributed by atoms with E-state index in [-0.39, 0.29) is 12.2 Å². The van der Waals surface area contributed by atoms with Crippen molar-refractivity contribution in [2.45, 2.75) is 18.6 Å². The van der Waals surface area contributed by atoms with Crippen LogP contribution in [0.2, 0.25) is 0 Å². The molecule has 4 aromatic carbocycles. The van der Waals surface area contributed by atoms with Gasteiger partial charge in [-0.15, -0.1) is 0 Å². The molecule has 1 N–H and O–H groups in total. The molecule has 6 heteroatoms. The van der Waals surface area contributed by atoms with Crippen LogP contribution in [0.3, 0.4) is 0 Å². The van der Waals surface area contributed by atoms with Gasteiger partial charge in [0.1, 0.15) is 13.2 Å². The van der Waals surface area contributed by atoms with E-state index < -0.39 is 11.5 Å². The van der Waals surface area contributed by atoms with Crippen molar-refractivity contribution in [1.82, 2.24) is 0 Å². The Morgan fingerprint density at radius 2 is 1.60 bits per heavy atom. The van der Waals surface area contributed by atoms with Gasteiger partial charge in [0.05, 0.1) is 18.7 Å². The lowest BCUT2D eigenvalue weighted by atomic mass is 9.88. The van der Waals surface area contributed by atoms with E-state index in [9.17, 15) is 14.7 Å². The van der Waals surface area contributed by atoms with Gasteiger partial charge in [-0.2, -0.15) is 0 Å². The second-order valence-electron chi connectivity index (χ2n) is 8.91. The summed E-state index contributed by atoms with van der Waals surface area (Å²) in [4.78, 5) is 28.4. The third-order valence-corrected chi connectivity index (χ3v) is 6.67. The second kappa shape index (κ2) is 8.25. The summed E-state index contributed by atoms with van der Waals surface area (Å²) >= 11 is 0. The smallest absolute Gasteiger partial charge is 0.264 e. The first kappa shape index (κ1) is 21.4. The van der Waals surface area contributed by atoms with Gasteiger partial charge in [0.15, 0.2) is 22.9 Å². The number of carbonyl (C=O) groups excluding carboxylic acids is 2. The van der Waals surface area contributed by atoms with E-state index in [0.29, 0.717) is 48.1 Å². The molecule has 0 fully saturated rings. The quantitative estimate of drug-likeness (QED) is 0.436. The summed E-state index contributed by atoms with van der Waals surface area (Å²) in [6.45, 7) is 1.16. The number of ketones is 1. The molecule has 2 aliphatic heterocycles. The topological polar surface area (TPSA) is 76.1 Å². The Morgan fingerprint density at radius 3 is 2.46 bits per heavy atom. The van der Waals surface area contributed by atoms with Crippen molar-refractivity contribution >= 4 is 28.2 Å². The number of fused-ring (bicyclic) bond motifs is 3. The van der Waals surface area contributed by atoms with Gasteiger partial charge in [-0.3, -0.25) is 9.59 Å². The molecule has 1 unspecified atom stereocenters. The van der Waals surface area contributed by atoms with Crippen LogP contribution in [-0.4, -0.2) is 30.0 Å². The summed E-state index contributed by atoms with van der Waals surface area (Å²) in [5, 5.41) is 13.8. The average molecular weight is 466 g/mol. The predicted octanol–water partition coefficient (Wildman–Crippen LogP) is 4.62. The largest absolute Gasteiger partial charge is 0.486 e. The zero-order valence-corrected chi connectivity index (χ0v) is 18.9. The zero-order valence-electron chi connectivity index (χ0n) is 18.9. The first-order valence-electron chi connectivity index (χ1n) is 11.6. The maximum Gasteiger partial charge on any atom is 0.264 e. The van der Waals surface area contributed by atoms with Crippen LogP contribution in [-0.2, 0) is 16.9 Å². The third-order valence-electron chi connectivity index (χ3n) is 6.67. The molecule has 0 saturated carbocycles. The maximum absolute atomic E-state index is 13.6. The number of carbonyl (C=O) groups is 2. The molecule has 4 aromatic rings. The molecular weight excluding hydrogens is 442 g/mol. The number of amides is 1. The highest BCUT2D eigenvalue weighted by Gasteiger charge is 2.50. The van der Waals surface area contributed by atoms with E-state index in [1.807, 2.05) is 48.5 Å². The lowest BCUT2D eigenvalue weighted by Gasteiger charge is -2.23. The highest BCUT2D eigenvalue weighted by atomic mass is 16.6. The second-order valence-corrected chi connectivity index (χ2v) is 8.91. The van der Waals surface area contributed by atoms with Crippen LogP contribution >= 0.6 is 0 Å². The fourth-order valence-corrected chi connectivity index (χ4v) is 4.91. The molecule has 0 spiro atoms. The van der Waals surface area contributed by atoms with Gasteiger partial charge in [-0.25, -0.2) is 0 Å². The number of hydrogen-bond acceptors (Lipinski definition) is 5. The molecule has 2 heterocycles. The number of ether oxygens (including phenoxy) is 2. The molecule has 0 bridgehead atoms. The number of nitrogens with zero attached hydrogens (tertiary/aromatic N) is 1.